The van der Waals surface area contributed by atoms with Gasteiger partial charge in [0.1, 0.15) is 12.6 Å². The van der Waals surface area contributed by atoms with Crippen LogP contribution in [0.3, 0.4) is 0 Å². The van der Waals surface area contributed by atoms with Crippen molar-refractivity contribution in [3.05, 3.63) is 35.9 Å². The van der Waals surface area contributed by atoms with Gasteiger partial charge in [0.15, 0.2) is 6.73 Å². The van der Waals surface area contributed by atoms with Crippen LogP contribution in [0.2, 0.25) is 0 Å². The van der Waals surface area contributed by atoms with E-state index in [1.54, 1.807) is 0 Å². The van der Waals surface area contributed by atoms with Gasteiger partial charge in [0.05, 0.1) is 0 Å². The van der Waals surface area contributed by atoms with Crippen molar-refractivity contribution in [2.24, 2.45) is 0 Å². The largest absolute Gasteiger partial charge is 0.444 e. The average molecular weight is 388 g/mol. The minimum atomic E-state index is -0.860. The van der Waals surface area contributed by atoms with E-state index in [4.69, 9.17) is 9.47 Å². The zero-order chi connectivity index (χ0) is 20.1. The topological polar surface area (TPSA) is 110 Å². The number of nitrogens with zero attached hydrogens (tertiary/aromatic N) is 2. The Morgan fingerprint density at radius 2 is 1.75 bits per heavy atom. The van der Waals surface area contributed by atoms with Gasteiger partial charge in [-0.05, 0) is 18.4 Å². The summed E-state index contributed by atoms with van der Waals surface area (Å²) in [6, 6.07) is 8.24. The molecule has 1 unspecified atom stereocenters. The quantitative estimate of drug-likeness (QED) is 0.534. The summed E-state index contributed by atoms with van der Waals surface area (Å²) in [5.41, 5.74) is 0.810. The molecule has 0 aliphatic carbocycles. The van der Waals surface area contributed by atoms with Gasteiger partial charge in [-0.2, -0.15) is 0 Å². The molecule has 1 aromatic rings. The fourth-order valence-electron chi connectivity index (χ4n) is 3.12. The molecule has 0 saturated carbocycles. The number of cyclic esters (lactones) is 1. The molecule has 0 aromatic heterocycles. The lowest BCUT2D eigenvalue weighted by Gasteiger charge is -2.20. The molecular formula is C19H20N2O7. The van der Waals surface area contributed by atoms with Gasteiger partial charge in [-0.3, -0.25) is 19.3 Å². The third-order valence-corrected chi connectivity index (χ3v) is 4.60. The van der Waals surface area contributed by atoms with Crippen LogP contribution in [0.25, 0.3) is 0 Å². The van der Waals surface area contributed by atoms with Crippen molar-refractivity contribution in [3.63, 3.8) is 0 Å². The van der Waals surface area contributed by atoms with Gasteiger partial charge >= 0.3 is 12.1 Å². The molecule has 0 N–H and O–H groups in total. The highest BCUT2D eigenvalue weighted by Crippen LogP contribution is 2.20. The van der Waals surface area contributed by atoms with Crippen LogP contribution in [0.4, 0.5) is 4.79 Å². The lowest BCUT2D eigenvalue weighted by Crippen LogP contribution is -2.39. The predicted molar refractivity (Wildman–Crippen MR) is 93.2 cm³/mol. The van der Waals surface area contributed by atoms with E-state index in [1.165, 1.54) is 4.90 Å². The summed E-state index contributed by atoms with van der Waals surface area (Å²) in [5, 5.41) is 0. The average Bonchev–Trinajstić information content (AvgIpc) is 3.22. The summed E-state index contributed by atoms with van der Waals surface area (Å²) in [6.07, 6.45) is -0.287. The molecule has 1 aromatic carbocycles. The van der Waals surface area contributed by atoms with Crippen LogP contribution in [0.5, 0.6) is 0 Å². The lowest BCUT2D eigenvalue weighted by molar-refractivity contribution is -0.149. The second-order valence-electron chi connectivity index (χ2n) is 6.53. The molecule has 2 fully saturated rings. The zero-order valence-corrected chi connectivity index (χ0v) is 15.2. The summed E-state index contributed by atoms with van der Waals surface area (Å²) in [7, 11) is 0. The lowest BCUT2D eigenvalue weighted by atomic mass is 10.1. The molecule has 9 nitrogen and oxygen atoms in total. The Morgan fingerprint density at radius 3 is 2.43 bits per heavy atom. The van der Waals surface area contributed by atoms with Gasteiger partial charge in [-0.25, -0.2) is 14.5 Å². The molecule has 3 rings (SSSR count). The van der Waals surface area contributed by atoms with E-state index in [0.717, 1.165) is 5.56 Å². The SMILES string of the molecule is O=C1OCN(C(=O)OCc2ccccc2)C1CCCC(=O)N1C(=O)CCC1=O. The minimum Gasteiger partial charge on any atom is -0.444 e. The standard InChI is InChI=1S/C19H20N2O7/c22-15(21-16(23)9-10-17(21)24)8-4-7-14-18(25)28-12-20(14)19(26)27-11-13-5-2-1-3-6-13/h1-3,5-6,14H,4,7-12H2. The molecule has 148 valence electrons. The number of carbonyl (C=O) groups excluding carboxylic acids is 5. The van der Waals surface area contributed by atoms with Gasteiger partial charge in [0.2, 0.25) is 17.7 Å². The van der Waals surface area contributed by atoms with Crippen LogP contribution in [-0.2, 0) is 35.3 Å². The Bertz CT molecular complexity index is 777. The van der Waals surface area contributed by atoms with Crippen LogP contribution in [0.1, 0.15) is 37.7 Å². The van der Waals surface area contributed by atoms with Crippen molar-refractivity contribution >= 4 is 29.8 Å². The van der Waals surface area contributed by atoms with Crippen molar-refractivity contribution in [3.8, 4) is 0 Å². The van der Waals surface area contributed by atoms with Crippen LogP contribution < -0.4 is 0 Å². The highest BCUT2D eigenvalue weighted by atomic mass is 16.6. The molecule has 2 heterocycles. The summed E-state index contributed by atoms with van der Waals surface area (Å²) >= 11 is 0. The molecule has 0 radical (unpaired) electrons. The van der Waals surface area contributed by atoms with E-state index >= 15 is 0 Å². The molecule has 28 heavy (non-hydrogen) atoms. The Kier molecular flexibility index (Phi) is 6.03. The molecule has 0 bridgehead atoms. The second kappa shape index (κ2) is 8.64. The number of benzene rings is 1. The maximum Gasteiger partial charge on any atom is 0.413 e. The fourth-order valence-corrected chi connectivity index (χ4v) is 3.12. The first-order valence-corrected chi connectivity index (χ1v) is 9.00. The molecular weight excluding hydrogens is 368 g/mol. The van der Waals surface area contributed by atoms with Crippen LogP contribution in [0, 0.1) is 0 Å². The van der Waals surface area contributed by atoms with Crippen molar-refractivity contribution in [1.82, 2.24) is 9.80 Å². The van der Waals surface area contributed by atoms with E-state index in [1.807, 2.05) is 30.3 Å². The van der Waals surface area contributed by atoms with E-state index < -0.39 is 35.8 Å². The third-order valence-electron chi connectivity index (χ3n) is 4.60. The van der Waals surface area contributed by atoms with Crippen molar-refractivity contribution < 1.29 is 33.4 Å². The third kappa shape index (κ3) is 4.36. The van der Waals surface area contributed by atoms with Crippen LogP contribution >= 0.6 is 0 Å². The zero-order valence-electron chi connectivity index (χ0n) is 15.2. The van der Waals surface area contributed by atoms with Crippen LogP contribution in [0.15, 0.2) is 30.3 Å². The number of carbonyl (C=O) groups is 5. The van der Waals surface area contributed by atoms with Gasteiger partial charge in [-0.15, -0.1) is 0 Å². The van der Waals surface area contributed by atoms with E-state index in [0.29, 0.717) is 4.90 Å². The van der Waals surface area contributed by atoms with E-state index in [9.17, 15) is 24.0 Å². The molecule has 2 aliphatic heterocycles. The number of esters is 1. The normalized spacial score (nSPS) is 19.1. The molecule has 1 atom stereocenters. The van der Waals surface area contributed by atoms with Gasteiger partial charge in [-0.1, -0.05) is 30.3 Å². The monoisotopic (exact) mass is 388 g/mol. The van der Waals surface area contributed by atoms with Crippen LogP contribution in [-0.4, -0.2) is 52.4 Å². The summed E-state index contributed by atoms with van der Waals surface area (Å²) in [6.45, 7) is -0.150. The number of imide groups is 3. The van der Waals surface area contributed by atoms with Crippen molar-refractivity contribution in [2.45, 2.75) is 44.8 Å². The van der Waals surface area contributed by atoms with E-state index in [2.05, 4.69) is 0 Å². The van der Waals surface area contributed by atoms with Crippen molar-refractivity contribution in [1.29, 1.82) is 0 Å². The summed E-state index contributed by atoms with van der Waals surface area (Å²) in [5.74, 6) is -2.16. The molecule has 2 aliphatic rings. The van der Waals surface area contributed by atoms with Gasteiger partial charge in [0, 0.05) is 19.3 Å². The number of likely N-dealkylation sites (tertiary alicyclic amines) is 1. The molecule has 2 saturated heterocycles. The van der Waals surface area contributed by atoms with Gasteiger partial charge < -0.3 is 9.47 Å². The Labute approximate surface area is 161 Å². The first-order chi connectivity index (χ1) is 13.5. The highest BCUT2D eigenvalue weighted by molar-refractivity contribution is 6.14. The number of rotatable bonds is 6. The predicted octanol–water partition coefficient (Wildman–Crippen LogP) is 1.35. The number of amides is 4. The minimum absolute atomic E-state index is 0.0422. The smallest absolute Gasteiger partial charge is 0.413 e. The molecule has 4 amide bonds. The second-order valence-corrected chi connectivity index (χ2v) is 6.53. The van der Waals surface area contributed by atoms with Gasteiger partial charge in [0.25, 0.3) is 0 Å². The number of hydrogen-bond acceptors (Lipinski definition) is 7. The highest BCUT2D eigenvalue weighted by Gasteiger charge is 2.39. The molecule has 9 heteroatoms. The molecule has 0 spiro atoms. The Hall–Kier alpha value is -3.23. The maximum absolute atomic E-state index is 12.3. The fraction of sp³-hybridized carbons (Fsp3) is 0.421. The van der Waals surface area contributed by atoms with E-state index in [-0.39, 0.29) is 45.4 Å². The number of ether oxygens (including phenoxy) is 2. The first-order valence-electron chi connectivity index (χ1n) is 9.00. The summed E-state index contributed by atoms with van der Waals surface area (Å²) in [4.78, 5) is 61.2. The van der Waals surface area contributed by atoms with Crippen molar-refractivity contribution in [2.75, 3.05) is 6.73 Å². The number of hydrogen-bond donors (Lipinski definition) is 0. The Balaban J connectivity index is 1.49. The summed E-state index contributed by atoms with van der Waals surface area (Å²) < 4.78 is 10.1. The maximum atomic E-state index is 12.3. The Morgan fingerprint density at radius 1 is 1.07 bits per heavy atom. The first kappa shape index (κ1) is 19.5.